The number of nitrogens with one attached hydrogen (secondary N) is 2. The lowest BCUT2D eigenvalue weighted by atomic mass is 10.2. The third-order valence-electron chi connectivity index (χ3n) is 4.51. The van der Waals surface area contributed by atoms with Crippen LogP contribution in [-0.4, -0.2) is 55.3 Å². The topological polar surface area (TPSA) is 53.8 Å². The summed E-state index contributed by atoms with van der Waals surface area (Å²) in [6, 6.07) is 12.3. The molecule has 0 spiro atoms. The maximum atomic E-state index is 5.83. The first kappa shape index (κ1) is 24.3. The molecule has 0 unspecified atom stereocenters. The van der Waals surface area contributed by atoms with Gasteiger partial charge in [0.05, 0.1) is 0 Å². The molecule has 28 heavy (non-hydrogen) atoms. The molecular weight excluding hydrogens is 465 g/mol. The van der Waals surface area contributed by atoms with Crippen LogP contribution in [-0.2, 0) is 13.1 Å². The molecule has 2 rings (SSSR count). The largest absolute Gasteiger partial charge is 0.492 e. The molecule has 1 heterocycles. The monoisotopic (exact) mass is 499 g/mol. The van der Waals surface area contributed by atoms with Crippen molar-refractivity contribution < 1.29 is 4.74 Å². The van der Waals surface area contributed by atoms with Gasteiger partial charge in [-0.2, -0.15) is 0 Å². The third-order valence-corrected chi connectivity index (χ3v) is 4.51. The molecule has 0 radical (unpaired) electrons. The summed E-state index contributed by atoms with van der Waals surface area (Å²) < 4.78 is 7.97. The average molecular weight is 499 g/mol. The van der Waals surface area contributed by atoms with E-state index in [0.717, 1.165) is 57.6 Å². The minimum atomic E-state index is 0. The molecule has 0 saturated carbocycles. The number of likely N-dealkylation sites (N-methyl/N-ethyl adjacent to an activating group) is 1. The number of benzene rings is 1. The zero-order valence-electron chi connectivity index (χ0n) is 17.2. The van der Waals surface area contributed by atoms with Crippen LogP contribution in [0.5, 0.6) is 5.75 Å². The van der Waals surface area contributed by atoms with Crippen molar-refractivity contribution in [3.8, 4) is 5.75 Å². The Bertz CT molecular complexity index is 654. The molecule has 0 amide bonds. The lowest BCUT2D eigenvalue weighted by Crippen LogP contribution is -2.38. The zero-order chi connectivity index (χ0) is 19.3. The van der Waals surface area contributed by atoms with Crippen LogP contribution in [0.3, 0.4) is 0 Å². The number of hydrogen-bond acceptors (Lipinski definition) is 3. The van der Waals surface area contributed by atoms with E-state index >= 15 is 0 Å². The van der Waals surface area contributed by atoms with Gasteiger partial charge in [0.15, 0.2) is 5.96 Å². The van der Waals surface area contributed by atoms with E-state index in [1.54, 1.807) is 7.05 Å². The van der Waals surface area contributed by atoms with Gasteiger partial charge in [0.1, 0.15) is 12.4 Å². The minimum absolute atomic E-state index is 0. The summed E-state index contributed by atoms with van der Waals surface area (Å²) in [4.78, 5) is 6.62. The fourth-order valence-electron chi connectivity index (χ4n) is 2.76. The molecule has 1 aromatic heterocycles. The SMILES string of the molecule is CCN(CC)CCOc1ccc(CNC(=NC)NCCn2cccc2)cc1.I. The van der Waals surface area contributed by atoms with Gasteiger partial charge in [-0.15, -0.1) is 24.0 Å². The van der Waals surface area contributed by atoms with E-state index in [1.165, 1.54) is 5.56 Å². The molecular formula is C21H34IN5O. The Kier molecular flexibility index (Phi) is 12.4. The van der Waals surface area contributed by atoms with Gasteiger partial charge in [-0.25, -0.2) is 0 Å². The van der Waals surface area contributed by atoms with E-state index in [2.05, 4.69) is 63.5 Å². The molecule has 6 nitrogen and oxygen atoms in total. The second kappa shape index (κ2) is 14.3. The summed E-state index contributed by atoms with van der Waals surface area (Å²) in [5.74, 6) is 1.72. The molecule has 0 atom stereocenters. The first-order valence-electron chi connectivity index (χ1n) is 9.74. The Balaban J connectivity index is 0.00000392. The Labute approximate surface area is 186 Å². The summed E-state index contributed by atoms with van der Waals surface area (Å²) >= 11 is 0. The Morgan fingerprint density at radius 1 is 1.07 bits per heavy atom. The van der Waals surface area contributed by atoms with Crippen LogP contribution in [0.25, 0.3) is 0 Å². The summed E-state index contributed by atoms with van der Waals surface area (Å²) in [5, 5.41) is 6.67. The molecule has 0 saturated heterocycles. The summed E-state index contributed by atoms with van der Waals surface area (Å²) in [6.45, 7) is 10.6. The van der Waals surface area contributed by atoms with E-state index in [9.17, 15) is 0 Å². The van der Waals surface area contributed by atoms with Crippen LogP contribution < -0.4 is 15.4 Å². The highest BCUT2D eigenvalue weighted by atomic mass is 127. The predicted octanol–water partition coefficient (Wildman–Crippen LogP) is 3.19. The number of nitrogens with zero attached hydrogens (tertiary/aromatic N) is 3. The highest BCUT2D eigenvalue weighted by Crippen LogP contribution is 2.12. The van der Waals surface area contributed by atoms with Crippen molar-refractivity contribution in [2.24, 2.45) is 4.99 Å². The van der Waals surface area contributed by atoms with Crippen molar-refractivity contribution in [3.05, 3.63) is 54.4 Å². The lowest BCUT2D eigenvalue weighted by Gasteiger charge is -2.18. The van der Waals surface area contributed by atoms with Gasteiger partial charge in [-0.1, -0.05) is 26.0 Å². The fourth-order valence-corrected chi connectivity index (χ4v) is 2.76. The minimum Gasteiger partial charge on any atom is -0.492 e. The second-order valence-electron chi connectivity index (χ2n) is 6.29. The van der Waals surface area contributed by atoms with Crippen molar-refractivity contribution in [1.82, 2.24) is 20.1 Å². The van der Waals surface area contributed by atoms with Gasteiger partial charge < -0.3 is 24.8 Å². The highest BCUT2D eigenvalue weighted by molar-refractivity contribution is 14.0. The van der Waals surface area contributed by atoms with Gasteiger partial charge in [-0.3, -0.25) is 4.99 Å². The Morgan fingerprint density at radius 2 is 1.75 bits per heavy atom. The predicted molar refractivity (Wildman–Crippen MR) is 128 cm³/mol. The number of halogens is 1. The maximum Gasteiger partial charge on any atom is 0.191 e. The standard InChI is InChI=1S/C21H33N5O.HI/c1-4-25(5-2)16-17-27-20-10-8-19(9-11-20)18-24-21(22-3)23-12-15-26-13-6-7-14-26;/h6-11,13-14H,4-5,12,15-18H2,1-3H3,(H2,22,23,24);1H. The number of ether oxygens (including phenoxy) is 1. The van der Waals surface area contributed by atoms with Crippen molar-refractivity contribution >= 4 is 29.9 Å². The molecule has 0 aliphatic rings. The Morgan fingerprint density at radius 3 is 2.36 bits per heavy atom. The average Bonchev–Trinajstić information content (AvgIpc) is 3.22. The van der Waals surface area contributed by atoms with Crippen LogP contribution >= 0.6 is 24.0 Å². The summed E-state index contributed by atoms with van der Waals surface area (Å²) in [6.07, 6.45) is 4.12. The highest BCUT2D eigenvalue weighted by Gasteiger charge is 2.01. The first-order valence-corrected chi connectivity index (χ1v) is 9.74. The second-order valence-corrected chi connectivity index (χ2v) is 6.29. The van der Waals surface area contributed by atoms with Crippen LogP contribution in [0, 0.1) is 0 Å². The molecule has 0 bridgehead atoms. The zero-order valence-corrected chi connectivity index (χ0v) is 19.6. The number of aromatic nitrogens is 1. The van der Waals surface area contributed by atoms with Crippen LogP contribution in [0.15, 0.2) is 53.8 Å². The van der Waals surface area contributed by atoms with Crippen LogP contribution in [0.1, 0.15) is 19.4 Å². The molecule has 156 valence electrons. The lowest BCUT2D eigenvalue weighted by molar-refractivity contribution is 0.223. The van der Waals surface area contributed by atoms with Crippen LogP contribution in [0.4, 0.5) is 0 Å². The van der Waals surface area contributed by atoms with Crippen molar-refractivity contribution in [2.45, 2.75) is 26.9 Å². The molecule has 2 aromatic rings. The summed E-state index contributed by atoms with van der Waals surface area (Å²) in [5.41, 5.74) is 1.19. The molecule has 0 aliphatic carbocycles. The van der Waals surface area contributed by atoms with Gasteiger partial charge in [-0.05, 0) is 42.9 Å². The van der Waals surface area contributed by atoms with Crippen LogP contribution in [0.2, 0.25) is 0 Å². The molecule has 7 heteroatoms. The van der Waals surface area contributed by atoms with Gasteiger partial charge in [0.25, 0.3) is 0 Å². The van der Waals surface area contributed by atoms with E-state index in [-0.39, 0.29) is 24.0 Å². The Hall–Kier alpha value is -1.74. The fraction of sp³-hybridized carbons (Fsp3) is 0.476. The number of aliphatic imine (C=N–C) groups is 1. The maximum absolute atomic E-state index is 5.83. The van der Waals surface area contributed by atoms with Crippen molar-refractivity contribution in [1.29, 1.82) is 0 Å². The number of hydrogen-bond donors (Lipinski definition) is 2. The first-order chi connectivity index (χ1) is 13.2. The van der Waals surface area contributed by atoms with Crippen molar-refractivity contribution in [3.63, 3.8) is 0 Å². The van der Waals surface area contributed by atoms with Gasteiger partial charge >= 0.3 is 0 Å². The normalized spacial score (nSPS) is 11.2. The quantitative estimate of drug-likeness (QED) is 0.283. The van der Waals surface area contributed by atoms with Crippen molar-refractivity contribution in [2.75, 3.05) is 39.8 Å². The van der Waals surface area contributed by atoms with Gasteiger partial charge in [0, 0.05) is 45.6 Å². The molecule has 1 aromatic carbocycles. The number of guanidine groups is 1. The van der Waals surface area contributed by atoms with E-state index in [1.807, 2.05) is 24.3 Å². The molecule has 0 fully saturated rings. The van der Waals surface area contributed by atoms with E-state index in [0.29, 0.717) is 0 Å². The summed E-state index contributed by atoms with van der Waals surface area (Å²) in [7, 11) is 1.79. The van der Waals surface area contributed by atoms with E-state index in [4.69, 9.17) is 4.74 Å². The van der Waals surface area contributed by atoms with E-state index < -0.39 is 0 Å². The number of rotatable bonds is 11. The third kappa shape index (κ3) is 8.97. The smallest absolute Gasteiger partial charge is 0.191 e. The molecule has 2 N–H and O–H groups in total. The van der Waals surface area contributed by atoms with Gasteiger partial charge in [0.2, 0.25) is 0 Å². The molecule has 0 aliphatic heterocycles.